The molecule has 0 fully saturated rings. The van der Waals surface area contributed by atoms with Crippen molar-refractivity contribution in [2.75, 3.05) is 11.9 Å². The van der Waals surface area contributed by atoms with Crippen molar-refractivity contribution < 1.29 is 13.2 Å². The van der Waals surface area contributed by atoms with Crippen LogP contribution in [0.5, 0.6) is 0 Å². The fraction of sp³-hybridized carbons (Fsp3) is 0.278. The molecule has 0 unspecified atom stereocenters. The monoisotopic (exact) mass is 352 g/mol. The van der Waals surface area contributed by atoms with Gasteiger partial charge in [0.1, 0.15) is 0 Å². The van der Waals surface area contributed by atoms with Gasteiger partial charge >= 0.3 is 6.18 Å². The molecule has 0 radical (unpaired) electrons. The highest BCUT2D eigenvalue weighted by Gasteiger charge is 2.30. The normalized spacial score (nSPS) is 11.1. The van der Waals surface area contributed by atoms with Gasteiger partial charge in [-0.25, -0.2) is 0 Å². The zero-order chi connectivity index (χ0) is 17.4. The molecule has 0 amide bonds. The number of aryl methyl sites for hydroxylation is 1. The highest BCUT2D eigenvalue weighted by Crippen LogP contribution is 2.30. The van der Waals surface area contributed by atoms with E-state index in [0.717, 1.165) is 31.4 Å². The third-order valence-corrected chi connectivity index (χ3v) is 3.71. The maximum Gasteiger partial charge on any atom is 0.416 e. The number of thiocarbonyl (C=S) groups is 1. The van der Waals surface area contributed by atoms with E-state index in [9.17, 15) is 13.2 Å². The molecule has 0 heterocycles. The van der Waals surface area contributed by atoms with E-state index in [2.05, 4.69) is 22.8 Å². The maximum absolute atomic E-state index is 12.7. The molecule has 2 aromatic carbocycles. The van der Waals surface area contributed by atoms with Crippen LogP contribution in [0.2, 0.25) is 0 Å². The molecule has 0 spiro atoms. The molecule has 0 bridgehead atoms. The molecule has 24 heavy (non-hydrogen) atoms. The van der Waals surface area contributed by atoms with Gasteiger partial charge in [-0.1, -0.05) is 36.4 Å². The first kappa shape index (κ1) is 18.3. The molecule has 128 valence electrons. The molecule has 2 rings (SSSR count). The quantitative estimate of drug-likeness (QED) is 0.564. The van der Waals surface area contributed by atoms with Crippen LogP contribution < -0.4 is 10.6 Å². The van der Waals surface area contributed by atoms with Gasteiger partial charge in [-0.05, 0) is 55.2 Å². The first-order chi connectivity index (χ1) is 11.4. The van der Waals surface area contributed by atoms with E-state index in [-0.39, 0.29) is 0 Å². The van der Waals surface area contributed by atoms with Gasteiger partial charge in [-0.3, -0.25) is 0 Å². The van der Waals surface area contributed by atoms with Crippen molar-refractivity contribution in [2.45, 2.75) is 25.4 Å². The van der Waals surface area contributed by atoms with Crippen molar-refractivity contribution in [3.05, 3.63) is 65.7 Å². The van der Waals surface area contributed by atoms with Crippen molar-refractivity contribution in [3.63, 3.8) is 0 Å². The zero-order valence-electron chi connectivity index (χ0n) is 13.1. The van der Waals surface area contributed by atoms with Crippen LogP contribution in [0.1, 0.15) is 24.0 Å². The van der Waals surface area contributed by atoms with Crippen molar-refractivity contribution in [3.8, 4) is 0 Å². The van der Waals surface area contributed by atoms with Crippen LogP contribution in [0, 0.1) is 0 Å². The van der Waals surface area contributed by atoms with Gasteiger partial charge in [0, 0.05) is 12.2 Å². The lowest BCUT2D eigenvalue weighted by Crippen LogP contribution is -2.29. The van der Waals surface area contributed by atoms with Gasteiger partial charge in [0.15, 0.2) is 5.11 Å². The fourth-order valence-electron chi connectivity index (χ4n) is 2.25. The SMILES string of the molecule is FC(F)(F)c1cccc(NC(=S)NCCCCc2ccccc2)c1. The number of alkyl halides is 3. The summed E-state index contributed by atoms with van der Waals surface area (Å²) in [6.45, 7) is 0.678. The summed E-state index contributed by atoms with van der Waals surface area (Å²) < 4.78 is 38.0. The van der Waals surface area contributed by atoms with Crippen LogP contribution in [-0.2, 0) is 12.6 Å². The summed E-state index contributed by atoms with van der Waals surface area (Å²) in [4.78, 5) is 0. The lowest BCUT2D eigenvalue weighted by molar-refractivity contribution is -0.137. The summed E-state index contributed by atoms with van der Waals surface area (Å²) in [6, 6.07) is 15.2. The second-order valence-electron chi connectivity index (χ2n) is 5.40. The molecule has 0 saturated carbocycles. The van der Waals surface area contributed by atoms with Crippen LogP contribution in [0.25, 0.3) is 0 Å². The first-order valence-corrected chi connectivity index (χ1v) is 8.12. The van der Waals surface area contributed by atoms with E-state index in [1.807, 2.05) is 18.2 Å². The molecule has 0 aliphatic heterocycles. The number of benzene rings is 2. The molecule has 0 saturated heterocycles. The predicted molar refractivity (Wildman–Crippen MR) is 95.0 cm³/mol. The van der Waals surface area contributed by atoms with Crippen LogP contribution in [0.3, 0.4) is 0 Å². The summed E-state index contributed by atoms with van der Waals surface area (Å²) in [7, 11) is 0. The third-order valence-electron chi connectivity index (χ3n) is 3.47. The second-order valence-corrected chi connectivity index (χ2v) is 5.81. The number of anilines is 1. The lowest BCUT2D eigenvalue weighted by atomic mass is 10.1. The smallest absolute Gasteiger partial charge is 0.362 e. The van der Waals surface area contributed by atoms with Crippen LogP contribution in [0.15, 0.2) is 54.6 Å². The molecule has 2 nitrogen and oxygen atoms in total. The minimum atomic E-state index is -4.36. The number of hydrogen-bond acceptors (Lipinski definition) is 1. The van der Waals surface area contributed by atoms with E-state index in [4.69, 9.17) is 12.2 Å². The molecular formula is C18H19F3N2S. The van der Waals surface area contributed by atoms with Crippen LogP contribution in [0.4, 0.5) is 18.9 Å². The topological polar surface area (TPSA) is 24.1 Å². The summed E-state index contributed by atoms with van der Waals surface area (Å²) >= 11 is 5.11. The second kappa shape index (κ2) is 8.68. The average molecular weight is 352 g/mol. The van der Waals surface area contributed by atoms with Gasteiger partial charge in [0.05, 0.1) is 5.56 Å². The van der Waals surface area contributed by atoms with Crippen LogP contribution >= 0.6 is 12.2 Å². The lowest BCUT2D eigenvalue weighted by Gasteiger charge is -2.12. The molecule has 2 N–H and O–H groups in total. The molecule has 2 aromatic rings. The van der Waals surface area contributed by atoms with Crippen molar-refractivity contribution in [1.82, 2.24) is 5.32 Å². The van der Waals surface area contributed by atoms with Crippen molar-refractivity contribution in [2.24, 2.45) is 0 Å². The van der Waals surface area contributed by atoms with Gasteiger partial charge < -0.3 is 10.6 Å². The Labute approximate surface area is 145 Å². The predicted octanol–water partition coefficient (Wildman–Crippen LogP) is 5.01. The molecule has 0 aliphatic rings. The summed E-state index contributed by atoms with van der Waals surface area (Å²) in [5.41, 5.74) is 0.923. The summed E-state index contributed by atoms with van der Waals surface area (Å²) in [5, 5.41) is 6.13. The molecule has 0 aromatic heterocycles. The Morgan fingerprint density at radius 2 is 1.71 bits per heavy atom. The van der Waals surface area contributed by atoms with Gasteiger partial charge in [0.2, 0.25) is 0 Å². The minimum Gasteiger partial charge on any atom is -0.362 e. The van der Waals surface area contributed by atoms with Gasteiger partial charge in [-0.15, -0.1) is 0 Å². The van der Waals surface area contributed by atoms with Gasteiger partial charge in [0.25, 0.3) is 0 Å². The number of nitrogens with one attached hydrogen (secondary N) is 2. The average Bonchev–Trinajstić information content (AvgIpc) is 2.55. The number of halogens is 3. The van der Waals surface area contributed by atoms with E-state index in [0.29, 0.717) is 17.3 Å². The highest BCUT2D eigenvalue weighted by atomic mass is 32.1. The Morgan fingerprint density at radius 1 is 0.958 bits per heavy atom. The largest absolute Gasteiger partial charge is 0.416 e. The van der Waals surface area contributed by atoms with Crippen molar-refractivity contribution in [1.29, 1.82) is 0 Å². The van der Waals surface area contributed by atoms with E-state index in [1.165, 1.54) is 11.6 Å². The summed E-state index contributed by atoms with van der Waals surface area (Å²) in [5.74, 6) is 0. The molecule has 0 aliphatic carbocycles. The number of unbranched alkanes of at least 4 members (excludes halogenated alkanes) is 1. The fourth-order valence-corrected chi connectivity index (χ4v) is 2.47. The van der Waals surface area contributed by atoms with E-state index < -0.39 is 11.7 Å². The number of rotatable bonds is 6. The Balaban J connectivity index is 1.70. The van der Waals surface area contributed by atoms with Gasteiger partial charge in [-0.2, -0.15) is 13.2 Å². The number of hydrogen-bond donors (Lipinski definition) is 2. The highest BCUT2D eigenvalue weighted by molar-refractivity contribution is 7.80. The van der Waals surface area contributed by atoms with Crippen LogP contribution in [-0.4, -0.2) is 11.7 Å². The van der Waals surface area contributed by atoms with E-state index in [1.54, 1.807) is 6.07 Å². The Morgan fingerprint density at radius 3 is 2.42 bits per heavy atom. The minimum absolute atomic E-state index is 0.326. The Kier molecular flexibility index (Phi) is 6.61. The maximum atomic E-state index is 12.7. The Bertz CT molecular complexity index is 657. The van der Waals surface area contributed by atoms with E-state index >= 15 is 0 Å². The first-order valence-electron chi connectivity index (χ1n) is 7.71. The molecule has 6 heteroatoms. The molecular weight excluding hydrogens is 333 g/mol. The third kappa shape index (κ3) is 6.20. The van der Waals surface area contributed by atoms with Crippen molar-refractivity contribution >= 4 is 23.0 Å². The standard InChI is InChI=1S/C18H19F3N2S/c19-18(20,21)15-10-6-11-16(13-15)23-17(24)22-12-5-4-9-14-7-2-1-3-8-14/h1-3,6-8,10-11,13H,4-5,9,12H2,(H2,22,23,24). The summed E-state index contributed by atoms with van der Waals surface area (Å²) in [6.07, 6.45) is -1.41. The Hall–Kier alpha value is -2.08. The molecule has 0 atom stereocenters. The zero-order valence-corrected chi connectivity index (χ0v) is 13.9.